The maximum absolute atomic E-state index is 13.3. The molecule has 0 radical (unpaired) electrons. The maximum atomic E-state index is 13.3. The van der Waals surface area contributed by atoms with Gasteiger partial charge in [-0.3, -0.25) is 14.5 Å². The zero-order valence-corrected chi connectivity index (χ0v) is 12.8. The summed E-state index contributed by atoms with van der Waals surface area (Å²) in [5.41, 5.74) is 1.02. The minimum atomic E-state index is -1.10. The topological polar surface area (TPSA) is 87.2 Å². The quantitative estimate of drug-likeness (QED) is 0.828. The Hall–Kier alpha value is -2.30. The maximum Gasteiger partial charge on any atom is 0.245 e. The second-order valence-electron chi connectivity index (χ2n) is 6.13. The number of carbonyl (C=O) groups excluding carboxylic acids is 1. The molecule has 0 N–H and O–H groups in total. The zero-order chi connectivity index (χ0) is 16.2. The predicted octanol–water partition coefficient (Wildman–Crippen LogP) is 0.982. The summed E-state index contributed by atoms with van der Waals surface area (Å²) in [5, 5.41) is 13.1. The normalized spacial score (nSPS) is 29.1. The standard InChI is InChI=1S/C15H19FN6O/c16-12-4-14(5-17)22(8-12)15(23)6-19-13-2-1-11(3-13)7-21-10-18-9-20-21/h9-12,14H,1-4,6-8H2/t11-,12-,14-/m0/s1. The highest BCUT2D eigenvalue weighted by atomic mass is 19.1. The lowest BCUT2D eigenvalue weighted by Gasteiger charge is -2.17. The average molecular weight is 318 g/mol. The molecule has 1 saturated carbocycles. The first-order valence-electron chi connectivity index (χ1n) is 7.83. The van der Waals surface area contributed by atoms with Crippen molar-refractivity contribution in [3.8, 4) is 6.07 Å². The lowest BCUT2D eigenvalue weighted by atomic mass is 10.1. The summed E-state index contributed by atoms with van der Waals surface area (Å²) < 4.78 is 15.2. The van der Waals surface area contributed by atoms with Crippen LogP contribution in [0, 0.1) is 17.2 Å². The fraction of sp³-hybridized carbons (Fsp3) is 0.667. The zero-order valence-electron chi connectivity index (χ0n) is 12.8. The van der Waals surface area contributed by atoms with E-state index in [0.29, 0.717) is 5.92 Å². The summed E-state index contributed by atoms with van der Waals surface area (Å²) in [7, 11) is 0. The van der Waals surface area contributed by atoms with Crippen molar-refractivity contribution in [1.82, 2.24) is 19.7 Å². The van der Waals surface area contributed by atoms with Crippen molar-refractivity contribution in [2.45, 2.75) is 44.4 Å². The van der Waals surface area contributed by atoms with Gasteiger partial charge in [0.25, 0.3) is 0 Å². The summed E-state index contributed by atoms with van der Waals surface area (Å²) in [4.78, 5) is 21.8. The number of nitrogens with zero attached hydrogens (tertiary/aromatic N) is 6. The largest absolute Gasteiger partial charge is 0.322 e. The first kappa shape index (κ1) is 15.6. The van der Waals surface area contributed by atoms with Crippen LogP contribution in [0.2, 0.25) is 0 Å². The Labute approximate surface area is 133 Å². The van der Waals surface area contributed by atoms with E-state index in [2.05, 4.69) is 15.1 Å². The summed E-state index contributed by atoms with van der Waals surface area (Å²) in [6, 6.07) is 1.33. The third-order valence-corrected chi connectivity index (χ3v) is 4.43. The molecule has 1 aromatic rings. The molecule has 0 spiro atoms. The number of carbonyl (C=O) groups is 1. The first-order chi connectivity index (χ1) is 11.2. The molecule has 2 fully saturated rings. The van der Waals surface area contributed by atoms with E-state index in [-0.39, 0.29) is 25.4 Å². The van der Waals surface area contributed by atoms with Crippen molar-refractivity contribution in [2.24, 2.45) is 10.9 Å². The van der Waals surface area contributed by atoms with Crippen LogP contribution in [-0.2, 0) is 11.3 Å². The lowest BCUT2D eigenvalue weighted by molar-refractivity contribution is -0.129. The van der Waals surface area contributed by atoms with Gasteiger partial charge in [-0.1, -0.05) is 0 Å². The number of likely N-dealkylation sites (tertiary alicyclic amines) is 1. The molecule has 3 atom stereocenters. The fourth-order valence-corrected chi connectivity index (χ4v) is 3.25. The van der Waals surface area contributed by atoms with Crippen LogP contribution in [0.15, 0.2) is 17.6 Å². The summed E-state index contributed by atoms with van der Waals surface area (Å²) in [6.07, 6.45) is 4.96. The Kier molecular flexibility index (Phi) is 4.65. The second-order valence-corrected chi connectivity index (χ2v) is 6.13. The summed E-state index contributed by atoms with van der Waals surface area (Å²) in [5.74, 6) is 0.198. The van der Waals surface area contributed by atoms with Gasteiger partial charge < -0.3 is 4.90 Å². The number of nitriles is 1. The van der Waals surface area contributed by atoms with Crippen molar-refractivity contribution in [3.63, 3.8) is 0 Å². The molecule has 0 bridgehead atoms. The molecule has 1 saturated heterocycles. The molecule has 1 aromatic heterocycles. The van der Waals surface area contributed by atoms with Gasteiger partial charge in [0.15, 0.2) is 0 Å². The number of hydrogen-bond donors (Lipinski definition) is 0. The molecular formula is C15H19FN6O. The number of aromatic nitrogens is 3. The molecule has 2 aliphatic rings. The molecule has 7 nitrogen and oxygen atoms in total. The van der Waals surface area contributed by atoms with Crippen LogP contribution in [-0.4, -0.2) is 56.6 Å². The van der Waals surface area contributed by atoms with Crippen molar-refractivity contribution in [3.05, 3.63) is 12.7 Å². The predicted molar refractivity (Wildman–Crippen MR) is 80.3 cm³/mol. The summed E-state index contributed by atoms with van der Waals surface area (Å²) >= 11 is 0. The Morgan fingerprint density at radius 2 is 2.43 bits per heavy atom. The van der Waals surface area contributed by atoms with Gasteiger partial charge in [-0.25, -0.2) is 9.37 Å². The van der Waals surface area contributed by atoms with E-state index in [4.69, 9.17) is 5.26 Å². The molecule has 23 heavy (non-hydrogen) atoms. The van der Waals surface area contributed by atoms with Gasteiger partial charge in [0.1, 0.15) is 31.4 Å². The number of hydrogen-bond acceptors (Lipinski definition) is 5. The monoisotopic (exact) mass is 318 g/mol. The van der Waals surface area contributed by atoms with E-state index in [0.717, 1.165) is 31.5 Å². The Bertz CT molecular complexity index is 622. The molecule has 3 rings (SSSR count). The number of amides is 1. The number of alkyl halides is 1. The molecule has 1 aliphatic heterocycles. The van der Waals surface area contributed by atoms with Gasteiger partial charge in [0.05, 0.1) is 12.6 Å². The van der Waals surface area contributed by atoms with Gasteiger partial charge in [-0.15, -0.1) is 0 Å². The highest BCUT2D eigenvalue weighted by molar-refractivity contribution is 5.89. The van der Waals surface area contributed by atoms with Gasteiger partial charge in [0.2, 0.25) is 5.91 Å². The Morgan fingerprint density at radius 1 is 1.57 bits per heavy atom. The molecule has 0 unspecified atom stereocenters. The van der Waals surface area contributed by atoms with Crippen molar-refractivity contribution >= 4 is 11.6 Å². The van der Waals surface area contributed by atoms with E-state index >= 15 is 0 Å². The first-order valence-corrected chi connectivity index (χ1v) is 7.83. The number of aliphatic imine (C=N–C) groups is 1. The minimum Gasteiger partial charge on any atom is -0.322 e. The van der Waals surface area contributed by atoms with Crippen LogP contribution in [0.5, 0.6) is 0 Å². The van der Waals surface area contributed by atoms with Crippen LogP contribution in [0.25, 0.3) is 0 Å². The summed E-state index contributed by atoms with van der Waals surface area (Å²) in [6.45, 7) is 0.826. The highest BCUT2D eigenvalue weighted by Gasteiger charge is 2.35. The van der Waals surface area contributed by atoms with E-state index in [1.165, 1.54) is 11.2 Å². The molecule has 1 aliphatic carbocycles. The molecule has 0 aromatic carbocycles. The average Bonchev–Trinajstić information content (AvgIpc) is 3.26. The third-order valence-electron chi connectivity index (χ3n) is 4.43. The lowest BCUT2D eigenvalue weighted by Crippen LogP contribution is -2.36. The van der Waals surface area contributed by atoms with Gasteiger partial charge in [0, 0.05) is 18.7 Å². The SMILES string of the molecule is N#C[C@@H]1C[C@H](F)CN1C(=O)CN=C1CC[C@H](Cn2cncn2)C1. The van der Waals surface area contributed by atoms with E-state index in [1.807, 2.05) is 10.8 Å². The smallest absolute Gasteiger partial charge is 0.245 e. The second kappa shape index (κ2) is 6.86. The molecule has 122 valence electrons. The molecular weight excluding hydrogens is 299 g/mol. The van der Waals surface area contributed by atoms with Crippen LogP contribution >= 0.6 is 0 Å². The van der Waals surface area contributed by atoms with Crippen LogP contribution in [0.4, 0.5) is 4.39 Å². The molecule has 2 heterocycles. The van der Waals surface area contributed by atoms with Crippen molar-refractivity contribution in [2.75, 3.05) is 13.1 Å². The van der Waals surface area contributed by atoms with Crippen molar-refractivity contribution in [1.29, 1.82) is 5.26 Å². The highest BCUT2D eigenvalue weighted by Crippen LogP contribution is 2.25. The fourth-order valence-electron chi connectivity index (χ4n) is 3.25. The molecule has 1 amide bonds. The van der Waals surface area contributed by atoms with Gasteiger partial charge in [-0.05, 0) is 25.2 Å². The van der Waals surface area contributed by atoms with Crippen LogP contribution in [0.1, 0.15) is 25.7 Å². The van der Waals surface area contributed by atoms with Gasteiger partial charge >= 0.3 is 0 Å². The Balaban J connectivity index is 1.50. The molecule has 8 heteroatoms. The minimum absolute atomic E-state index is 0.0102. The Morgan fingerprint density at radius 3 is 3.17 bits per heavy atom. The van der Waals surface area contributed by atoms with E-state index < -0.39 is 12.2 Å². The number of rotatable bonds is 4. The van der Waals surface area contributed by atoms with Crippen LogP contribution < -0.4 is 0 Å². The van der Waals surface area contributed by atoms with E-state index in [9.17, 15) is 9.18 Å². The van der Waals surface area contributed by atoms with Crippen molar-refractivity contribution < 1.29 is 9.18 Å². The van der Waals surface area contributed by atoms with Gasteiger partial charge in [-0.2, -0.15) is 10.4 Å². The third kappa shape index (κ3) is 3.73. The number of halogens is 1. The van der Waals surface area contributed by atoms with Crippen LogP contribution in [0.3, 0.4) is 0 Å². The van der Waals surface area contributed by atoms with E-state index in [1.54, 1.807) is 6.33 Å².